The molecule has 0 aliphatic rings. The maximum atomic E-state index is 11.0. The number of aromatic carboxylic acids is 1. The van der Waals surface area contributed by atoms with E-state index in [2.05, 4.69) is 5.32 Å². The number of hydrogen-bond acceptors (Lipinski definition) is 3. The second-order valence-corrected chi connectivity index (χ2v) is 3.71. The van der Waals surface area contributed by atoms with E-state index in [1.54, 1.807) is 18.2 Å². The molecule has 0 bridgehead atoms. The molecular formula is C12H17NO3. The van der Waals surface area contributed by atoms with Crippen LogP contribution in [0.2, 0.25) is 0 Å². The Morgan fingerprint density at radius 1 is 1.31 bits per heavy atom. The van der Waals surface area contributed by atoms with Crippen molar-refractivity contribution in [3.8, 4) is 0 Å². The lowest BCUT2D eigenvalue weighted by Gasteiger charge is -2.28. The van der Waals surface area contributed by atoms with E-state index in [1.165, 1.54) is 6.07 Å². The largest absolute Gasteiger partial charge is 0.478 e. The minimum Gasteiger partial charge on any atom is -0.478 e. The molecule has 4 nitrogen and oxygen atoms in total. The van der Waals surface area contributed by atoms with E-state index in [4.69, 9.17) is 5.11 Å². The molecule has 0 aromatic heterocycles. The summed E-state index contributed by atoms with van der Waals surface area (Å²) in [5, 5.41) is 22.0. The van der Waals surface area contributed by atoms with Crippen LogP contribution < -0.4 is 5.32 Å². The normalized spacial score (nSPS) is 11.2. The fourth-order valence-electron chi connectivity index (χ4n) is 1.46. The van der Waals surface area contributed by atoms with Gasteiger partial charge in [-0.15, -0.1) is 0 Å². The monoisotopic (exact) mass is 223 g/mol. The van der Waals surface area contributed by atoms with Crippen LogP contribution in [-0.2, 0) is 0 Å². The summed E-state index contributed by atoms with van der Waals surface area (Å²) in [6.45, 7) is 3.69. The van der Waals surface area contributed by atoms with E-state index >= 15 is 0 Å². The summed E-state index contributed by atoms with van der Waals surface area (Å²) in [5.74, 6) is -1.00. The standard InChI is InChI=1S/C12H17NO3/c1-3-12(16,4-2)13-10-8-6-5-7-9(10)11(14)15/h5-8,13,16H,3-4H2,1-2H3,(H,14,15). The molecule has 0 saturated heterocycles. The van der Waals surface area contributed by atoms with E-state index in [9.17, 15) is 9.90 Å². The molecule has 1 rings (SSSR count). The highest BCUT2D eigenvalue weighted by Crippen LogP contribution is 2.22. The number of benzene rings is 1. The van der Waals surface area contributed by atoms with Gasteiger partial charge in [0.15, 0.2) is 0 Å². The molecule has 0 amide bonds. The van der Waals surface area contributed by atoms with Crippen molar-refractivity contribution in [2.45, 2.75) is 32.4 Å². The Morgan fingerprint density at radius 3 is 2.38 bits per heavy atom. The summed E-state index contributed by atoms with van der Waals surface area (Å²) in [6, 6.07) is 6.56. The number of rotatable bonds is 5. The first-order valence-corrected chi connectivity index (χ1v) is 5.35. The van der Waals surface area contributed by atoms with Gasteiger partial charge in [-0.1, -0.05) is 26.0 Å². The number of hydrogen-bond donors (Lipinski definition) is 3. The Hall–Kier alpha value is -1.55. The molecule has 0 radical (unpaired) electrons. The minimum absolute atomic E-state index is 0.169. The predicted octanol–water partition coefficient (Wildman–Crippen LogP) is 2.31. The molecular weight excluding hydrogens is 206 g/mol. The van der Waals surface area contributed by atoms with Crippen LogP contribution in [0.25, 0.3) is 0 Å². The van der Waals surface area contributed by atoms with Gasteiger partial charge in [-0.25, -0.2) is 4.79 Å². The zero-order valence-electron chi connectivity index (χ0n) is 9.53. The Labute approximate surface area is 94.9 Å². The van der Waals surface area contributed by atoms with Crippen molar-refractivity contribution in [2.75, 3.05) is 5.32 Å². The number of para-hydroxylation sites is 1. The van der Waals surface area contributed by atoms with Crippen molar-refractivity contribution in [3.05, 3.63) is 29.8 Å². The lowest BCUT2D eigenvalue weighted by atomic mass is 10.1. The number of carbonyl (C=O) groups is 1. The van der Waals surface area contributed by atoms with Gasteiger partial charge >= 0.3 is 5.97 Å². The van der Waals surface area contributed by atoms with Gasteiger partial charge in [0.2, 0.25) is 0 Å². The van der Waals surface area contributed by atoms with E-state index in [-0.39, 0.29) is 5.56 Å². The van der Waals surface area contributed by atoms with Gasteiger partial charge in [-0.05, 0) is 25.0 Å². The number of carboxylic acid groups (broad SMARTS) is 1. The maximum absolute atomic E-state index is 11.0. The Balaban J connectivity index is 3.01. The zero-order chi connectivity index (χ0) is 12.2. The lowest BCUT2D eigenvalue weighted by molar-refractivity contribution is 0.0612. The fraction of sp³-hybridized carbons (Fsp3) is 0.417. The molecule has 16 heavy (non-hydrogen) atoms. The third-order valence-corrected chi connectivity index (χ3v) is 2.69. The van der Waals surface area contributed by atoms with Crippen LogP contribution in [0.1, 0.15) is 37.0 Å². The summed E-state index contributed by atoms with van der Waals surface area (Å²) in [7, 11) is 0. The molecule has 1 aromatic rings. The molecule has 88 valence electrons. The zero-order valence-corrected chi connectivity index (χ0v) is 9.53. The van der Waals surface area contributed by atoms with E-state index in [1.807, 2.05) is 13.8 Å². The summed E-state index contributed by atoms with van der Waals surface area (Å²) in [6.07, 6.45) is 1.02. The molecule has 0 aliphatic heterocycles. The van der Waals surface area contributed by atoms with E-state index in [0.29, 0.717) is 18.5 Å². The first-order valence-electron chi connectivity index (χ1n) is 5.35. The Morgan fingerprint density at radius 2 is 1.88 bits per heavy atom. The van der Waals surface area contributed by atoms with Crippen molar-refractivity contribution in [1.82, 2.24) is 0 Å². The highest BCUT2D eigenvalue weighted by molar-refractivity contribution is 5.94. The van der Waals surface area contributed by atoms with E-state index in [0.717, 1.165) is 0 Å². The smallest absolute Gasteiger partial charge is 0.337 e. The molecule has 0 spiro atoms. The van der Waals surface area contributed by atoms with Crippen LogP contribution in [0.5, 0.6) is 0 Å². The van der Waals surface area contributed by atoms with Gasteiger partial charge in [-0.3, -0.25) is 0 Å². The molecule has 0 fully saturated rings. The molecule has 0 atom stereocenters. The summed E-state index contributed by atoms with van der Waals surface area (Å²) in [5.41, 5.74) is -0.435. The average Bonchev–Trinajstić information content (AvgIpc) is 2.29. The second kappa shape index (κ2) is 4.99. The lowest BCUT2D eigenvalue weighted by Crippen LogP contribution is -2.37. The SMILES string of the molecule is CCC(O)(CC)Nc1ccccc1C(=O)O. The highest BCUT2D eigenvalue weighted by atomic mass is 16.4. The van der Waals surface area contributed by atoms with Crippen LogP contribution in [-0.4, -0.2) is 21.9 Å². The van der Waals surface area contributed by atoms with Gasteiger partial charge in [0.1, 0.15) is 5.72 Å². The predicted molar refractivity (Wildman–Crippen MR) is 62.6 cm³/mol. The molecule has 0 saturated carbocycles. The molecule has 3 N–H and O–H groups in total. The molecule has 0 unspecified atom stereocenters. The van der Waals surface area contributed by atoms with Crippen molar-refractivity contribution in [2.24, 2.45) is 0 Å². The maximum Gasteiger partial charge on any atom is 0.337 e. The molecule has 0 heterocycles. The van der Waals surface area contributed by atoms with E-state index < -0.39 is 11.7 Å². The van der Waals surface area contributed by atoms with Crippen molar-refractivity contribution < 1.29 is 15.0 Å². The van der Waals surface area contributed by atoms with Crippen molar-refractivity contribution in [3.63, 3.8) is 0 Å². The Bertz CT molecular complexity index is 372. The number of aliphatic hydroxyl groups is 1. The summed E-state index contributed by atoms with van der Waals surface area (Å²) < 4.78 is 0. The topological polar surface area (TPSA) is 69.6 Å². The summed E-state index contributed by atoms with van der Waals surface area (Å²) in [4.78, 5) is 11.0. The van der Waals surface area contributed by atoms with Gasteiger partial charge < -0.3 is 15.5 Å². The van der Waals surface area contributed by atoms with Gasteiger partial charge in [0.25, 0.3) is 0 Å². The second-order valence-electron chi connectivity index (χ2n) is 3.71. The third kappa shape index (κ3) is 2.73. The molecule has 4 heteroatoms. The third-order valence-electron chi connectivity index (χ3n) is 2.69. The van der Waals surface area contributed by atoms with Crippen LogP contribution in [0.15, 0.2) is 24.3 Å². The van der Waals surface area contributed by atoms with Crippen molar-refractivity contribution in [1.29, 1.82) is 0 Å². The van der Waals surface area contributed by atoms with Gasteiger partial charge in [-0.2, -0.15) is 0 Å². The highest BCUT2D eigenvalue weighted by Gasteiger charge is 2.23. The first kappa shape index (κ1) is 12.5. The average molecular weight is 223 g/mol. The first-order chi connectivity index (χ1) is 7.52. The van der Waals surface area contributed by atoms with Crippen LogP contribution >= 0.6 is 0 Å². The van der Waals surface area contributed by atoms with Crippen LogP contribution in [0.4, 0.5) is 5.69 Å². The van der Waals surface area contributed by atoms with Gasteiger partial charge in [0.05, 0.1) is 11.3 Å². The fourth-order valence-corrected chi connectivity index (χ4v) is 1.46. The molecule has 0 aliphatic carbocycles. The van der Waals surface area contributed by atoms with Gasteiger partial charge in [0, 0.05) is 0 Å². The minimum atomic E-state index is -1.05. The van der Waals surface area contributed by atoms with Crippen LogP contribution in [0.3, 0.4) is 0 Å². The molecule has 1 aromatic carbocycles. The quantitative estimate of drug-likeness (QED) is 0.670. The van der Waals surface area contributed by atoms with Crippen LogP contribution in [0, 0.1) is 0 Å². The number of carboxylic acids is 1. The number of nitrogens with one attached hydrogen (secondary N) is 1. The Kier molecular flexibility index (Phi) is 3.90. The number of anilines is 1. The summed E-state index contributed by atoms with van der Waals surface area (Å²) >= 11 is 0. The van der Waals surface area contributed by atoms with Crippen molar-refractivity contribution >= 4 is 11.7 Å².